The zero-order valence-electron chi connectivity index (χ0n) is 20.4. The highest BCUT2D eigenvalue weighted by atomic mass is 32.2. The number of H-pyrrole nitrogens is 1. The number of benzene rings is 1. The van der Waals surface area contributed by atoms with Gasteiger partial charge in [0.15, 0.2) is 9.84 Å². The lowest BCUT2D eigenvalue weighted by molar-refractivity contribution is -0.108. The predicted molar refractivity (Wildman–Crippen MR) is 128 cm³/mol. The molecule has 1 N–H and O–H groups in total. The lowest BCUT2D eigenvalue weighted by atomic mass is 10.0. The number of hydrogen-bond acceptors (Lipinski definition) is 9. The van der Waals surface area contributed by atoms with Gasteiger partial charge >= 0.3 is 13.5 Å². The number of halogens is 1. The van der Waals surface area contributed by atoms with Gasteiger partial charge in [0.1, 0.15) is 23.8 Å². The molecular formula is C22H30FN2O9PS. The normalized spacial score (nSPS) is 22.7. The summed E-state index contributed by atoms with van der Waals surface area (Å²) in [6, 6.07) is 5.98. The van der Waals surface area contributed by atoms with Crippen molar-refractivity contribution in [3.05, 3.63) is 62.4 Å². The van der Waals surface area contributed by atoms with Gasteiger partial charge in [-0.25, -0.2) is 22.2 Å². The smallest absolute Gasteiger partial charge is 0.345 e. The van der Waals surface area contributed by atoms with Gasteiger partial charge in [-0.1, -0.05) is 17.7 Å². The van der Waals surface area contributed by atoms with E-state index in [0.29, 0.717) is 0 Å². The average molecular weight is 549 g/mol. The number of nitrogens with zero attached hydrogens (tertiary/aromatic N) is 1. The first-order valence-corrected chi connectivity index (χ1v) is 14.3. The molecule has 2 aromatic rings. The zero-order valence-corrected chi connectivity index (χ0v) is 22.1. The summed E-state index contributed by atoms with van der Waals surface area (Å²) in [7, 11) is -8.40. The van der Waals surface area contributed by atoms with Crippen LogP contribution in [0.2, 0.25) is 0 Å². The molecule has 0 bridgehead atoms. The average Bonchev–Trinajstić information content (AvgIpc) is 3.22. The molecule has 2 heterocycles. The Balaban J connectivity index is 2.09. The summed E-state index contributed by atoms with van der Waals surface area (Å²) >= 11 is 0. The molecule has 36 heavy (non-hydrogen) atoms. The Morgan fingerprint density at radius 3 is 2.31 bits per heavy atom. The number of hydrogen-bond donors (Lipinski definition) is 1. The topological polar surface area (TPSA) is 143 Å². The third-order valence-electron chi connectivity index (χ3n) is 5.82. The van der Waals surface area contributed by atoms with Crippen LogP contribution in [0, 0.1) is 13.8 Å². The maximum absolute atomic E-state index is 14.8. The van der Waals surface area contributed by atoms with Crippen molar-refractivity contribution in [3.8, 4) is 0 Å². The van der Waals surface area contributed by atoms with Crippen LogP contribution in [0.25, 0.3) is 0 Å². The van der Waals surface area contributed by atoms with Crippen molar-refractivity contribution in [2.75, 3.05) is 26.5 Å². The van der Waals surface area contributed by atoms with Crippen molar-refractivity contribution in [3.63, 3.8) is 0 Å². The summed E-state index contributed by atoms with van der Waals surface area (Å²) in [5.74, 6) is 0. The molecule has 200 valence electrons. The van der Waals surface area contributed by atoms with E-state index in [0.717, 1.165) is 10.1 Å². The molecular weight excluding hydrogens is 518 g/mol. The molecule has 1 aliphatic heterocycles. The predicted octanol–water partition coefficient (Wildman–Crippen LogP) is 2.82. The quantitative estimate of drug-likeness (QED) is 0.419. The highest BCUT2D eigenvalue weighted by Gasteiger charge is 2.57. The third kappa shape index (κ3) is 5.71. The molecule has 1 aliphatic rings. The first-order chi connectivity index (χ1) is 16.9. The molecule has 1 aromatic carbocycles. The second-order valence-corrected chi connectivity index (χ2v) is 12.2. The van der Waals surface area contributed by atoms with E-state index in [1.54, 1.807) is 32.9 Å². The molecule has 0 unspecified atom stereocenters. The Labute approximate surface area is 208 Å². The van der Waals surface area contributed by atoms with Crippen molar-refractivity contribution in [2.45, 2.75) is 56.1 Å². The van der Waals surface area contributed by atoms with Gasteiger partial charge in [0.2, 0.25) is 0 Å². The summed E-state index contributed by atoms with van der Waals surface area (Å²) in [5.41, 5.74) is -2.65. The van der Waals surface area contributed by atoms with Crippen LogP contribution < -0.4 is 11.2 Å². The molecule has 11 nitrogen and oxygen atoms in total. The lowest BCUT2D eigenvalue weighted by Gasteiger charge is -2.32. The summed E-state index contributed by atoms with van der Waals surface area (Å²) in [4.78, 5) is 26.4. The number of phosphoric ester groups is 1. The summed E-state index contributed by atoms with van der Waals surface area (Å²) in [6.07, 6.45) is -0.402. The van der Waals surface area contributed by atoms with E-state index >= 15 is 0 Å². The number of rotatable bonds is 11. The fraction of sp³-hybridized carbons (Fsp3) is 0.545. The largest absolute Gasteiger partial charge is 0.474 e. The molecule has 3 rings (SSSR count). The van der Waals surface area contributed by atoms with Gasteiger partial charge in [0.25, 0.3) is 5.56 Å². The first kappa shape index (κ1) is 28.4. The molecule has 3 atom stereocenters. The van der Waals surface area contributed by atoms with Crippen LogP contribution >= 0.6 is 7.82 Å². The maximum Gasteiger partial charge on any atom is 0.474 e. The van der Waals surface area contributed by atoms with Crippen molar-refractivity contribution in [1.82, 2.24) is 9.55 Å². The number of aromatic nitrogens is 2. The van der Waals surface area contributed by atoms with E-state index in [1.807, 2.05) is 0 Å². The van der Waals surface area contributed by atoms with Crippen molar-refractivity contribution >= 4 is 17.7 Å². The Morgan fingerprint density at radius 2 is 1.75 bits per heavy atom. The van der Waals surface area contributed by atoms with E-state index in [-0.39, 0.29) is 30.1 Å². The fourth-order valence-electron chi connectivity index (χ4n) is 3.96. The molecule has 0 amide bonds. The minimum Gasteiger partial charge on any atom is -0.345 e. The number of aryl methyl sites for hydroxylation is 2. The molecule has 0 saturated carbocycles. The molecule has 1 fully saturated rings. The van der Waals surface area contributed by atoms with E-state index in [4.69, 9.17) is 18.3 Å². The van der Waals surface area contributed by atoms with Gasteiger partial charge in [-0.2, -0.15) is 0 Å². The van der Waals surface area contributed by atoms with Gasteiger partial charge < -0.3 is 4.74 Å². The van der Waals surface area contributed by atoms with Gasteiger partial charge in [0, 0.05) is 18.2 Å². The van der Waals surface area contributed by atoms with E-state index in [9.17, 15) is 27.0 Å². The SMILES string of the molecule is CCOP(=O)(OCC)OC[C@@]1(CF)O[C@@H](n2cc(C)c(=O)[nH]c2=O)C[C@@H]1S(=O)(=O)c1ccc(C)cc1. The van der Waals surface area contributed by atoms with Crippen molar-refractivity contribution in [2.24, 2.45) is 0 Å². The minimum absolute atomic E-state index is 0.0411. The number of nitrogens with one attached hydrogen (secondary N) is 1. The maximum atomic E-state index is 14.8. The van der Waals surface area contributed by atoms with Gasteiger partial charge in [-0.3, -0.25) is 27.9 Å². The number of phosphoric acid groups is 1. The van der Waals surface area contributed by atoms with Crippen LogP contribution in [0.1, 0.15) is 37.6 Å². The van der Waals surface area contributed by atoms with Crippen molar-refractivity contribution < 1.29 is 35.7 Å². The van der Waals surface area contributed by atoms with Crippen molar-refractivity contribution in [1.29, 1.82) is 0 Å². The summed E-state index contributed by atoms with van der Waals surface area (Å²) in [5, 5.41) is -1.54. The van der Waals surface area contributed by atoms with Crippen LogP contribution in [0.15, 0.2) is 44.9 Å². The van der Waals surface area contributed by atoms with Gasteiger partial charge in [-0.15, -0.1) is 0 Å². The summed E-state index contributed by atoms with van der Waals surface area (Å²) < 4.78 is 77.5. The van der Waals surface area contributed by atoms with E-state index in [2.05, 4.69) is 4.98 Å². The number of sulfone groups is 1. The monoisotopic (exact) mass is 548 g/mol. The molecule has 14 heteroatoms. The Morgan fingerprint density at radius 1 is 1.14 bits per heavy atom. The molecule has 0 radical (unpaired) electrons. The van der Waals surface area contributed by atoms with E-state index in [1.165, 1.54) is 25.3 Å². The standard InChI is InChI=1S/C22H30FN2O9PS/c1-5-31-35(28,32-6-2)33-14-22(13-23)18(36(29,30)17-9-7-15(3)8-10-17)11-19(34-22)25-12-16(4)20(26)24-21(25)27/h7-10,12,18-19H,5-6,11,13-14H2,1-4H3,(H,24,26,27)/t18-,19+,22+/m0/s1. The lowest BCUT2D eigenvalue weighted by Crippen LogP contribution is -2.49. The Hall–Kier alpha value is -2.15. The first-order valence-electron chi connectivity index (χ1n) is 11.3. The van der Waals surface area contributed by atoms with E-state index < -0.39 is 59.3 Å². The second-order valence-electron chi connectivity index (χ2n) is 8.39. The molecule has 0 aliphatic carbocycles. The van der Waals surface area contributed by atoms with Crippen LogP contribution in [-0.4, -0.2) is 55.3 Å². The summed E-state index contributed by atoms with van der Waals surface area (Å²) in [6.45, 7) is 4.11. The Kier molecular flexibility index (Phi) is 8.74. The third-order valence-corrected chi connectivity index (χ3v) is 9.72. The Bertz CT molecular complexity index is 1330. The van der Waals surface area contributed by atoms with Crippen LogP contribution in [0.3, 0.4) is 0 Å². The highest BCUT2D eigenvalue weighted by molar-refractivity contribution is 7.92. The fourth-order valence-corrected chi connectivity index (χ4v) is 7.21. The molecule has 1 aromatic heterocycles. The number of aromatic amines is 1. The molecule has 0 spiro atoms. The zero-order chi connectivity index (χ0) is 26.7. The highest BCUT2D eigenvalue weighted by Crippen LogP contribution is 2.52. The number of alkyl halides is 1. The van der Waals surface area contributed by atoms with Gasteiger partial charge in [0.05, 0.1) is 24.7 Å². The van der Waals surface area contributed by atoms with Gasteiger partial charge in [-0.05, 0) is 39.8 Å². The second kappa shape index (κ2) is 11.1. The molecule has 1 saturated heterocycles. The minimum atomic E-state index is -4.24. The van der Waals surface area contributed by atoms with Crippen LogP contribution in [0.5, 0.6) is 0 Å². The number of ether oxygens (including phenoxy) is 1. The van der Waals surface area contributed by atoms with Crippen LogP contribution in [-0.2, 0) is 32.7 Å². The van der Waals surface area contributed by atoms with Crippen LogP contribution in [0.4, 0.5) is 4.39 Å².